The Bertz CT molecular complexity index is 752. The number of guanidine groups is 1. The van der Waals surface area contributed by atoms with Crippen LogP contribution in [0.5, 0.6) is 0 Å². The Balaban J connectivity index is 0.00000243. The smallest absolute Gasteiger partial charge is 0.194 e. The van der Waals surface area contributed by atoms with E-state index in [-0.39, 0.29) is 24.0 Å². The number of hydrogen-bond acceptors (Lipinski definition) is 3. The number of anilines is 1. The molecule has 0 atom stereocenters. The first-order valence-electron chi connectivity index (χ1n) is 8.51. The van der Waals surface area contributed by atoms with Crippen molar-refractivity contribution in [3.63, 3.8) is 0 Å². The summed E-state index contributed by atoms with van der Waals surface area (Å²) >= 11 is 6.17. The standard InChI is InChI=1S/C18H25ClN6.HI/c1-14-4-5-16(19)10-17(14)24-6-8-25(9-7-24)18(20-2)21-11-15-12-22-23(3)13-15;/h4-5,10,12-13H,6-9,11H2,1-3H3,(H,20,21);1H. The molecular formula is C18H26ClIN6. The van der Waals surface area contributed by atoms with Crippen molar-refractivity contribution in [2.24, 2.45) is 12.0 Å². The number of aliphatic imine (C=N–C) groups is 1. The number of aromatic nitrogens is 2. The van der Waals surface area contributed by atoms with E-state index in [9.17, 15) is 0 Å². The molecule has 8 heteroatoms. The first kappa shape index (κ1) is 20.8. The van der Waals surface area contributed by atoms with E-state index >= 15 is 0 Å². The molecule has 2 heterocycles. The van der Waals surface area contributed by atoms with E-state index in [1.165, 1.54) is 11.3 Å². The molecule has 1 aliphatic rings. The zero-order valence-electron chi connectivity index (χ0n) is 15.4. The van der Waals surface area contributed by atoms with E-state index in [0.717, 1.165) is 49.3 Å². The van der Waals surface area contributed by atoms with Crippen LogP contribution in [-0.4, -0.2) is 53.9 Å². The fraction of sp³-hybridized carbons (Fsp3) is 0.444. The molecule has 1 fully saturated rings. The van der Waals surface area contributed by atoms with Crippen molar-refractivity contribution in [3.05, 3.63) is 46.7 Å². The van der Waals surface area contributed by atoms with Gasteiger partial charge in [-0.1, -0.05) is 17.7 Å². The number of nitrogens with zero attached hydrogens (tertiary/aromatic N) is 5. The summed E-state index contributed by atoms with van der Waals surface area (Å²) in [5, 5.41) is 8.41. The molecule has 1 aromatic carbocycles. The van der Waals surface area contributed by atoms with Crippen LogP contribution in [0.15, 0.2) is 35.6 Å². The van der Waals surface area contributed by atoms with Crippen LogP contribution in [0.2, 0.25) is 5.02 Å². The van der Waals surface area contributed by atoms with E-state index in [1.54, 1.807) is 0 Å². The van der Waals surface area contributed by atoms with Gasteiger partial charge in [-0.25, -0.2) is 0 Å². The number of hydrogen-bond donors (Lipinski definition) is 1. The summed E-state index contributed by atoms with van der Waals surface area (Å²) < 4.78 is 1.81. The van der Waals surface area contributed by atoms with Crippen LogP contribution in [0.3, 0.4) is 0 Å². The second-order valence-corrected chi connectivity index (χ2v) is 6.76. The molecule has 1 saturated heterocycles. The zero-order valence-corrected chi connectivity index (χ0v) is 18.5. The fourth-order valence-electron chi connectivity index (χ4n) is 3.16. The average molecular weight is 489 g/mol. The van der Waals surface area contributed by atoms with Gasteiger partial charge in [0.15, 0.2) is 5.96 Å². The lowest BCUT2D eigenvalue weighted by Gasteiger charge is -2.38. The lowest BCUT2D eigenvalue weighted by Crippen LogP contribution is -2.52. The van der Waals surface area contributed by atoms with Gasteiger partial charge < -0.3 is 15.1 Å². The first-order chi connectivity index (χ1) is 12.1. The highest BCUT2D eigenvalue weighted by Gasteiger charge is 2.21. The maximum atomic E-state index is 6.17. The van der Waals surface area contributed by atoms with Crippen molar-refractivity contribution in [1.82, 2.24) is 20.0 Å². The second kappa shape index (κ2) is 9.45. The normalized spacial score (nSPS) is 15.0. The molecule has 0 aliphatic carbocycles. The first-order valence-corrected chi connectivity index (χ1v) is 8.89. The third-order valence-electron chi connectivity index (χ3n) is 4.51. The van der Waals surface area contributed by atoms with E-state index in [2.05, 4.69) is 44.3 Å². The van der Waals surface area contributed by atoms with Gasteiger partial charge in [0.1, 0.15) is 0 Å². The van der Waals surface area contributed by atoms with Gasteiger partial charge in [-0.2, -0.15) is 5.10 Å². The number of nitrogens with one attached hydrogen (secondary N) is 1. The molecule has 1 aliphatic heterocycles. The third kappa shape index (κ3) is 5.03. The summed E-state index contributed by atoms with van der Waals surface area (Å²) in [4.78, 5) is 9.12. The Morgan fingerprint density at radius 3 is 2.62 bits per heavy atom. The minimum Gasteiger partial charge on any atom is -0.368 e. The van der Waals surface area contributed by atoms with Crippen molar-refractivity contribution in [1.29, 1.82) is 0 Å². The van der Waals surface area contributed by atoms with Crippen molar-refractivity contribution in [3.8, 4) is 0 Å². The van der Waals surface area contributed by atoms with Crippen molar-refractivity contribution >= 4 is 47.2 Å². The van der Waals surface area contributed by atoms with E-state index in [4.69, 9.17) is 11.6 Å². The zero-order chi connectivity index (χ0) is 17.8. The quantitative estimate of drug-likeness (QED) is 0.410. The minimum absolute atomic E-state index is 0. The highest BCUT2D eigenvalue weighted by atomic mass is 127. The van der Waals surface area contributed by atoms with Gasteiger partial charge >= 0.3 is 0 Å². The van der Waals surface area contributed by atoms with Gasteiger partial charge in [0.05, 0.1) is 6.20 Å². The third-order valence-corrected chi connectivity index (χ3v) is 4.75. The van der Waals surface area contributed by atoms with Crippen molar-refractivity contribution in [2.45, 2.75) is 13.5 Å². The Labute approximate surface area is 177 Å². The Kier molecular flexibility index (Phi) is 7.57. The van der Waals surface area contributed by atoms with Crippen LogP contribution in [0, 0.1) is 6.92 Å². The summed E-state index contributed by atoms with van der Waals surface area (Å²) in [7, 11) is 3.76. The molecule has 1 N–H and O–H groups in total. The van der Waals surface area contributed by atoms with E-state index in [0.29, 0.717) is 0 Å². The lowest BCUT2D eigenvalue weighted by atomic mass is 10.1. The molecule has 0 radical (unpaired) electrons. The summed E-state index contributed by atoms with van der Waals surface area (Å²) in [5.74, 6) is 0.936. The molecule has 0 saturated carbocycles. The van der Waals surface area contributed by atoms with Gasteiger partial charge in [-0.3, -0.25) is 9.67 Å². The minimum atomic E-state index is 0. The van der Waals surface area contributed by atoms with E-state index < -0.39 is 0 Å². The van der Waals surface area contributed by atoms with Gasteiger partial charge in [0, 0.05) is 69.3 Å². The number of halogens is 2. The molecular weight excluding hydrogens is 463 g/mol. The lowest BCUT2D eigenvalue weighted by molar-refractivity contribution is 0.372. The summed E-state index contributed by atoms with van der Waals surface area (Å²) in [6.45, 7) is 6.63. The number of rotatable bonds is 3. The number of aryl methyl sites for hydroxylation is 2. The molecule has 3 rings (SSSR count). The Hall–Kier alpha value is -1.48. The molecule has 0 amide bonds. The second-order valence-electron chi connectivity index (χ2n) is 6.33. The summed E-state index contributed by atoms with van der Waals surface area (Å²) in [6, 6.07) is 6.08. The van der Waals surface area contributed by atoms with Crippen LogP contribution >= 0.6 is 35.6 Å². The van der Waals surface area contributed by atoms with Crippen molar-refractivity contribution < 1.29 is 0 Å². The predicted molar refractivity (Wildman–Crippen MR) is 119 cm³/mol. The van der Waals surface area contributed by atoms with Gasteiger partial charge in [-0.05, 0) is 24.6 Å². The van der Waals surface area contributed by atoms with E-state index in [1.807, 2.05) is 37.2 Å². The molecule has 2 aromatic rings. The maximum Gasteiger partial charge on any atom is 0.194 e. The molecule has 142 valence electrons. The topological polar surface area (TPSA) is 48.7 Å². The molecule has 1 aromatic heterocycles. The molecule has 26 heavy (non-hydrogen) atoms. The van der Waals surface area contributed by atoms with Crippen LogP contribution in [0.25, 0.3) is 0 Å². The molecule has 0 bridgehead atoms. The SMILES string of the molecule is CN=C(NCc1cnn(C)c1)N1CCN(c2cc(Cl)ccc2C)CC1.I. The van der Waals surface area contributed by atoms with Crippen molar-refractivity contribution in [2.75, 3.05) is 38.1 Å². The highest BCUT2D eigenvalue weighted by molar-refractivity contribution is 14.0. The van der Waals surface area contributed by atoms with Crippen LogP contribution < -0.4 is 10.2 Å². The largest absolute Gasteiger partial charge is 0.368 e. The Morgan fingerprint density at radius 2 is 2.00 bits per heavy atom. The average Bonchev–Trinajstić information content (AvgIpc) is 3.03. The molecule has 0 unspecified atom stereocenters. The van der Waals surface area contributed by atoms with Gasteiger partial charge in [0.2, 0.25) is 0 Å². The molecule has 6 nitrogen and oxygen atoms in total. The van der Waals surface area contributed by atoms with Crippen LogP contribution in [0.1, 0.15) is 11.1 Å². The number of piperazine rings is 1. The highest BCUT2D eigenvalue weighted by Crippen LogP contribution is 2.25. The van der Waals surface area contributed by atoms with Gasteiger partial charge in [0.25, 0.3) is 0 Å². The summed E-state index contributed by atoms with van der Waals surface area (Å²) in [6.07, 6.45) is 3.89. The fourth-order valence-corrected chi connectivity index (χ4v) is 3.33. The maximum absolute atomic E-state index is 6.17. The number of benzene rings is 1. The summed E-state index contributed by atoms with van der Waals surface area (Å²) in [5.41, 5.74) is 3.64. The molecule has 0 spiro atoms. The Morgan fingerprint density at radius 1 is 1.27 bits per heavy atom. The van der Waals surface area contributed by atoms with Crippen LogP contribution in [-0.2, 0) is 13.6 Å². The predicted octanol–water partition coefficient (Wildman–Crippen LogP) is 2.90. The van der Waals surface area contributed by atoms with Crippen LogP contribution in [0.4, 0.5) is 5.69 Å². The van der Waals surface area contributed by atoms with Gasteiger partial charge in [-0.15, -0.1) is 24.0 Å². The monoisotopic (exact) mass is 488 g/mol.